The van der Waals surface area contributed by atoms with Crippen LogP contribution in [0.2, 0.25) is 0 Å². The summed E-state index contributed by atoms with van der Waals surface area (Å²) < 4.78 is 1.87. The monoisotopic (exact) mass is 299 g/mol. The SMILES string of the molecule is CC1(NC(=O)c2cccc(-n3ccnc3)c2)CCC(O)CC1. The van der Waals surface area contributed by atoms with Gasteiger partial charge in [0.15, 0.2) is 0 Å². The van der Waals surface area contributed by atoms with Crippen molar-refractivity contribution in [3.63, 3.8) is 0 Å². The molecule has 1 aliphatic rings. The second kappa shape index (κ2) is 5.93. The lowest BCUT2D eigenvalue weighted by Gasteiger charge is -2.36. The number of nitrogens with zero attached hydrogens (tertiary/aromatic N) is 2. The zero-order chi connectivity index (χ0) is 15.6. The Morgan fingerprint density at radius 3 is 2.86 bits per heavy atom. The van der Waals surface area contributed by atoms with Crippen LogP contribution in [-0.4, -0.2) is 32.2 Å². The Labute approximate surface area is 130 Å². The number of imidazole rings is 1. The predicted octanol–water partition coefficient (Wildman–Crippen LogP) is 2.30. The van der Waals surface area contributed by atoms with E-state index in [1.165, 1.54) is 0 Å². The normalized spacial score (nSPS) is 24.9. The molecule has 0 atom stereocenters. The fraction of sp³-hybridized carbons (Fsp3) is 0.412. The molecule has 1 aliphatic carbocycles. The van der Waals surface area contributed by atoms with Crippen molar-refractivity contribution in [3.8, 4) is 5.69 Å². The van der Waals surface area contributed by atoms with Gasteiger partial charge in [-0.15, -0.1) is 0 Å². The van der Waals surface area contributed by atoms with Crippen LogP contribution < -0.4 is 5.32 Å². The Hall–Kier alpha value is -2.14. The quantitative estimate of drug-likeness (QED) is 0.914. The molecular formula is C17H21N3O2. The first-order chi connectivity index (χ1) is 10.6. The summed E-state index contributed by atoms with van der Waals surface area (Å²) in [5.74, 6) is -0.0687. The summed E-state index contributed by atoms with van der Waals surface area (Å²) in [5.41, 5.74) is 1.31. The summed E-state index contributed by atoms with van der Waals surface area (Å²) in [7, 11) is 0. The average Bonchev–Trinajstić information content (AvgIpc) is 3.05. The molecule has 1 aromatic carbocycles. The number of hydrogen-bond donors (Lipinski definition) is 2. The molecule has 3 rings (SSSR count). The Morgan fingerprint density at radius 1 is 1.41 bits per heavy atom. The molecular weight excluding hydrogens is 278 g/mol. The molecule has 2 aromatic rings. The van der Waals surface area contributed by atoms with Gasteiger partial charge in [0.25, 0.3) is 5.91 Å². The van der Waals surface area contributed by atoms with E-state index in [1.54, 1.807) is 12.5 Å². The molecule has 0 radical (unpaired) electrons. The molecule has 1 saturated carbocycles. The third-order valence-corrected chi connectivity index (χ3v) is 4.38. The highest BCUT2D eigenvalue weighted by Crippen LogP contribution is 2.28. The van der Waals surface area contributed by atoms with Gasteiger partial charge in [0.1, 0.15) is 0 Å². The second-order valence-electron chi connectivity index (χ2n) is 6.27. The zero-order valence-corrected chi connectivity index (χ0v) is 12.7. The minimum absolute atomic E-state index is 0.0687. The maximum Gasteiger partial charge on any atom is 0.251 e. The standard InChI is InChI=1S/C17H21N3O2/c1-17(7-5-15(21)6-8-17)19-16(22)13-3-2-4-14(11-13)20-10-9-18-12-20/h2-4,9-12,15,21H,5-8H2,1H3,(H,19,22). The summed E-state index contributed by atoms with van der Waals surface area (Å²) >= 11 is 0. The van der Waals surface area contributed by atoms with E-state index in [4.69, 9.17) is 0 Å². The zero-order valence-electron chi connectivity index (χ0n) is 12.7. The molecule has 22 heavy (non-hydrogen) atoms. The van der Waals surface area contributed by atoms with Crippen molar-refractivity contribution < 1.29 is 9.90 Å². The summed E-state index contributed by atoms with van der Waals surface area (Å²) in [6, 6.07) is 7.49. The highest BCUT2D eigenvalue weighted by molar-refractivity contribution is 5.95. The molecule has 1 heterocycles. The minimum atomic E-state index is -0.235. The summed E-state index contributed by atoms with van der Waals surface area (Å²) in [5, 5.41) is 12.7. The number of rotatable bonds is 3. The Kier molecular flexibility index (Phi) is 3.98. The molecule has 5 nitrogen and oxygen atoms in total. The summed E-state index contributed by atoms with van der Waals surface area (Å²) in [6.45, 7) is 2.05. The van der Waals surface area contributed by atoms with Gasteiger partial charge in [-0.1, -0.05) is 6.07 Å². The summed E-state index contributed by atoms with van der Waals surface area (Å²) in [4.78, 5) is 16.5. The van der Waals surface area contributed by atoms with Crippen molar-refractivity contribution in [2.45, 2.75) is 44.2 Å². The molecule has 2 N–H and O–H groups in total. The third-order valence-electron chi connectivity index (χ3n) is 4.38. The van der Waals surface area contributed by atoms with Gasteiger partial charge in [0, 0.05) is 29.2 Å². The number of aliphatic hydroxyl groups excluding tert-OH is 1. The molecule has 0 spiro atoms. The lowest BCUT2D eigenvalue weighted by molar-refractivity contribution is 0.0725. The molecule has 1 fully saturated rings. The van der Waals surface area contributed by atoms with E-state index in [9.17, 15) is 9.90 Å². The van der Waals surface area contributed by atoms with E-state index in [0.29, 0.717) is 5.56 Å². The van der Waals surface area contributed by atoms with Crippen LogP contribution >= 0.6 is 0 Å². The van der Waals surface area contributed by atoms with Gasteiger partial charge in [-0.25, -0.2) is 4.98 Å². The predicted molar refractivity (Wildman–Crippen MR) is 83.9 cm³/mol. The highest BCUT2D eigenvalue weighted by atomic mass is 16.3. The molecule has 1 aromatic heterocycles. The summed E-state index contributed by atoms with van der Waals surface area (Å²) in [6.07, 6.45) is 8.14. The average molecular weight is 299 g/mol. The Morgan fingerprint density at radius 2 is 2.18 bits per heavy atom. The van der Waals surface area contributed by atoms with Crippen LogP contribution in [0.5, 0.6) is 0 Å². The van der Waals surface area contributed by atoms with E-state index in [-0.39, 0.29) is 17.6 Å². The van der Waals surface area contributed by atoms with Crippen LogP contribution in [0.15, 0.2) is 43.0 Å². The minimum Gasteiger partial charge on any atom is -0.393 e. The number of amides is 1. The lowest BCUT2D eigenvalue weighted by Crippen LogP contribution is -2.49. The third kappa shape index (κ3) is 3.20. The molecule has 5 heteroatoms. The number of benzene rings is 1. The van der Waals surface area contributed by atoms with Crippen LogP contribution in [0.3, 0.4) is 0 Å². The number of carbonyl (C=O) groups is 1. The molecule has 0 unspecified atom stereocenters. The molecule has 116 valence electrons. The molecule has 0 bridgehead atoms. The van der Waals surface area contributed by atoms with Crippen LogP contribution in [0.1, 0.15) is 43.0 Å². The fourth-order valence-corrected chi connectivity index (χ4v) is 2.93. The van der Waals surface area contributed by atoms with Crippen molar-refractivity contribution in [1.29, 1.82) is 0 Å². The van der Waals surface area contributed by atoms with Crippen molar-refractivity contribution in [1.82, 2.24) is 14.9 Å². The van der Waals surface area contributed by atoms with Gasteiger partial charge in [-0.05, 0) is 50.8 Å². The largest absolute Gasteiger partial charge is 0.393 e. The fourth-order valence-electron chi connectivity index (χ4n) is 2.93. The number of aromatic nitrogens is 2. The van der Waals surface area contributed by atoms with Gasteiger partial charge < -0.3 is 15.0 Å². The van der Waals surface area contributed by atoms with Gasteiger partial charge in [-0.3, -0.25) is 4.79 Å². The first-order valence-electron chi connectivity index (χ1n) is 7.65. The Balaban J connectivity index is 1.74. The first kappa shape index (κ1) is 14.8. The van der Waals surface area contributed by atoms with Gasteiger partial charge in [0.2, 0.25) is 0 Å². The smallest absolute Gasteiger partial charge is 0.251 e. The van der Waals surface area contributed by atoms with Crippen molar-refractivity contribution >= 4 is 5.91 Å². The van der Waals surface area contributed by atoms with Gasteiger partial charge in [-0.2, -0.15) is 0 Å². The lowest BCUT2D eigenvalue weighted by atomic mass is 9.81. The van der Waals surface area contributed by atoms with E-state index < -0.39 is 0 Å². The second-order valence-corrected chi connectivity index (χ2v) is 6.27. The van der Waals surface area contributed by atoms with Crippen LogP contribution in [0.4, 0.5) is 0 Å². The highest BCUT2D eigenvalue weighted by Gasteiger charge is 2.31. The maximum absolute atomic E-state index is 12.5. The van der Waals surface area contributed by atoms with Gasteiger partial charge in [0.05, 0.1) is 12.4 Å². The van der Waals surface area contributed by atoms with E-state index >= 15 is 0 Å². The van der Waals surface area contributed by atoms with Crippen LogP contribution in [-0.2, 0) is 0 Å². The number of aliphatic hydroxyl groups is 1. The Bertz CT molecular complexity index is 644. The molecule has 0 saturated heterocycles. The first-order valence-corrected chi connectivity index (χ1v) is 7.65. The number of nitrogens with one attached hydrogen (secondary N) is 1. The van der Waals surface area contributed by atoms with Crippen LogP contribution in [0, 0.1) is 0 Å². The number of carbonyl (C=O) groups excluding carboxylic acids is 1. The van der Waals surface area contributed by atoms with E-state index in [0.717, 1.165) is 31.4 Å². The van der Waals surface area contributed by atoms with Crippen LogP contribution in [0.25, 0.3) is 5.69 Å². The number of hydrogen-bond acceptors (Lipinski definition) is 3. The van der Waals surface area contributed by atoms with Crippen molar-refractivity contribution in [2.75, 3.05) is 0 Å². The topological polar surface area (TPSA) is 67.2 Å². The van der Waals surface area contributed by atoms with Crippen molar-refractivity contribution in [3.05, 3.63) is 48.5 Å². The van der Waals surface area contributed by atoms with E-state index in [2.05, 4.69) is 17.2 Å². The maximum atomic E-state index is 12.5. The van der Waals surface area contributed by atoms with E-state index in [1.807, 2.05) is 35.0 Å². The molecule has 1 amide bonds. The molecule has 0 aliphatic heterocycles. The van der Waals surface area contributed by atoms with Crippen molar-refractivity contribution in [2.24, 2.45) is 0 Å². The van der Waals surface area contributed by atoms with Gasteiger partial charge >= 0.3 is 0 Å².